The molecule has 0 spiro atoms. The topological polar surface area (TPSA) is 35.5 Å². The predicted molar refractivity (Wildman–Crippen MR) is 68.9 cm³/mol. The fourth-order valence-electron chi connectivity index (χ4n) is 1.33. The maximum atomic E-state index is 14.3. The summed E-state index contributed by atoms with van der Waals surface area (Å²) < 4.78 is 37.2. The van der Waals surface area contributed by atoms with Gasteiger partial charge in [-0.1, -0.05) is 20.8 Å². The van der Waals surface area contributed by atoms with Gasteiger partial charge in [-0.15, -0.1) is 0 Å². The lowest BCUT2D eigenvalue weighted by Crippen LogP contribution is -2.23. The van der Waals surface area contributed by atoms with Gasteiger partial charge in [0.1, 0.15) is 0 Å². The summed E-state index contributed by atoms with van der Waals surface area (Å²) in [4.78, 5) is 0. The Balaban J connectivity index is 4.96. The van der Waals surface area contributed by atoms with Crippen LogP contribution < -0.4 is 0 Å². The van der Waals surface area contributed by atoms with Crippen molar-refractivity contribution in [1.82, 2.24) is 0 Å². The number of hydrogen-bond acceptors (Lipinski definition) is 3. The van der Waals surface area contributed by atoms with E-state index < -0.39 is 13.5 Å². The van der Waals surface area contributed by atoms with Crippen LogP contribution in [0.4, 0.5) is 4.39 Å². The average molecular weight is 268 g/mol. The smallest absolute Gasteiger partial charge is 0.304 e. The molecule has 0 aliphatic carbocycles. The maximum absolute atomic E-state index is 14.3. The molecule has 2 unspecified atom stereocenters. The summed E-state index contributed by atoms with van der Waals surface area (Å²) in [6, 6.07) is 0. The van der Waals surface area contributed by atoms with E-state index in [-0.39, 0.29) is 24.0 Å². The van der Waals surface area contributed by atoms with E-state index in [1.165, 1.54) is 0 Å². The van der Waals surface area contributed by atoms with Crippen molar-refractivity contribution in [2.24, 2.45) is 11.8 Å². The standard InChI is InChI=1S/C12H26FO3P/c1-8(2)11(7)12(13)17(14,15-9(3)4)16-10(5)6/h8-12H,1-7H3. The van der Waals surface area contributed by atoms with Gasteiger partial charge in [-0.2, -0.15) is 0 Å². The Morgan fingerprint density at radius 1 is 0.882 bits per heavy atom. The van der Waals surface area contributed by atoms with Crippen LogP contribution in [-0.2, 0) is 13.6 Å². The van der Waals surface area contributed by atoms with Gasteiger partial charge in [0.25, 0.3) is 0 Å². The highest BCUT2D eigenvalue weighted by Crippen LogP contribution is 2.58. The van der Waals surface area contributed by atoms with E-state index in [1.807, 2.05) is 13.8 Å². The minimum absolute atomic E-state index is 0.0878. The lowest BCUT2D eigenvalue weighted by atomic mass is 10.00. The van der Waals surface area contributed by atoms with Gasteiger partial charge in [0.2, 0.25) is 5.91 Å². The van der Waals surface area contributed by atoms with E-state index in [0.29, 0.717) is 0 Å². The molecule has 3 nitrogen and oxygen atoms in total. The zero-order valence-electron chi connectivity index (χ0n) is 11.9. The summed E-state index contributed by atoms with van der Waals surface area (Å²) in [5.41, 5.74) is 0. The van der Waals surface area contributed by atoms with Crippen LogP contribution in [0.3, 0.4) is 0 Å². The van der Waals surface area contributed by atoms with Crippen LogP contribution in [0.15, 0.2) is 0 Å². The molecule has 5 heteroatoms. The fourth-order valence-corrected chi connectivity index (χ4v) is 3.71. The van der Waals surface area contributed by atoms with Gasteiger partial charge >= 0.3 is 7.60 Å². The Bertz CT molecular complexity index is 252. The largest absolute Gasteiger partial charge is 0.365 e. The summed E-state index contributed by atoms with van der Waals surface area (Å²) in [6.07, 6.45) is -0.644. The summed E-state index contributed by atoms with van der Waals surface area (Å²) in [7, 11) is -3.70. The predicted octanol–water partition coefficient (Wildman–Crippen LogP) is 4.62. The molecule has 0 aromatic carbocycles. The second kappa shape index (κ2) is 6.86. The highest BCUT2D eigenvalue weighted by atomic mass is 31.2. The summed E-state index contributed by atoms with van der Waals surface area (Å²) in [6.45, 7) is 12.4. The van der Waals surface area contributed by atoms with Gasteiger partial charge in [0, 0.05) is 5.92 Å². The molecule has 0 aliphatic heterocycles. The van der Waals surface area contributed by atoms with Crippen LogP contribution in [0.1, 0.15) is 48.5 Å². The van der Waals surface area contributed by atoms with E-state index in [0.717, 1.165) is 0 Å². The third-order valence-corrected chi connectivity index (χ3v) is 5.01. The van der Waals surface area contributed by atoms with Crippen LogP contribution in [0.25, 0.3) is 0 Å². The summed E-state index contributed by atoms with van der Waals surface area (Å²) in [5.74, 6) is -1.85. The van der Waals surface area contributed by atoms with Crippen molar-refractivity contribution in [1.29, 1.82) is 0 Å². The van der Waals surface area contributed by atoms with Crippen molar-refractivity contribution >= 4 is 7.60 Å². The zero-order valence-corrected chi connectivity index (χ0v) is 12.8. The average Bonchev–Trinajstić information content (AvgIpc) is 2.12. The normalized spacial score (nSPS) is 16.9. The van der Waals surface area contributed by atoms with E-state index in [9.17, 15) is 8.96 Å². The Kier molecular flexibility index (Phi) is 6.90. The SMILES string of the molecule is CC(C)OP(=O)(OC(C)C)C(F)C(C)C(C)C. The van der Waals surface area contributed by atoms with Gasteiger partial charge < -0.3 is 9.05 Å². The minimum Gasteiger partial charge on any atom is -0.304 e. The molecule has 0 aromatic heterocycles. The lowest BCUT2D eigenvalue weighted by molar-refractivity contribution is 0.107. The highest BCUT2D eigenvalue weighted by Gasteiger charge is 2.42. The molecule has 0 fully saturated rings. The Morgan fingerprint density at radius 2 is 1.24 bits per heavy atom. The first-order valence-corrected chi connectivity index (χ1v) is 7.82. The molecule has 0 saturated carbocycles. The van der Waals surface area contributed by atoms with Crippen LogP contribution in [-0.4, -0.2) is 18.1 Å². The number of alkyl halides is 1. The molecule has 104 valence electrons. The van der Waals surface area contributed by atoms with Gasteiger partial charge in [-0.25, -0.2) is 4.39 Å². The Labute approximate surface area is 105 Å². The molecule has 0 radical (unpaired) electrons. The van der Waals surface area contributed by atoms with Crippen molar-refractivity contribution in [3.05, 3.63) is 0 Å². The third kappa shape index (κ3) is 5.50. The van der Waals surface area contributed by atoms with Crippen molar-refractivity contribution in [2.45, 2.75) is 66.6 Å². The van der Waals surface area contributed by atoms with E-state index in [1.54, 1.807) is 34.6 Å². The minimum atomic E-state index is -3.70. The molecule has 17 heavy (non-hydrogen) atoms. The monoisotopic (exact) mass is 268 g/mol. The van der Waals surface area contributed by atoms with Gasteiger partial charge in [0.15, 0.2) is 0 Å². The quantitative estimate of drug-likeness (QED) is 0.632. The molecule has 0 bridgehead atoms. The number of halogens is 1. The molecule has 0 saturated heterocycles. The molecular formula is C12H26FO3P. The first kappa shape index (κ1) is 17.1. The van der Waals surface area contributed by atoms with Gasteiger partial charge in [-0.3, -0.25) is 4.57 Å². The maximum Gasteiger partial charge on any atom is 0.365 e. The molecule has 0 amide bonds. The van der Waals surface area contributed by atoms with Gasteiger partial charge in [0.05, 0.1) is 12.2 Å². The summed E-state index contributed by atoms with van der Waals surface area (Å²) >= 11 is 0. The van der Waals surface area contributed by atoms with Crippen molar-refractivity contribution < 1.29 is 18.0 Å². The molecule has 0 N–H and O–H groups in total. The van der Waals surface area contributed by atoms with E-state index in [2.05, 4.69) is 0 Å². The lowest BCUT2D eigenvalue weighted by Gasteiger charge is -2.30. The van der Waals surface area contributed by atoms with Crippen LogP contribution in [0.2, 0.25) is 0 Å². The van der Waals surface area contributed by atoms with Crippen LogP contribution in [0.5, 0.6) is 0 Å². The Hall–Kier alpha value is 0.0800. The zero-order chi connectivity index (χ0) is 13.8. The second-order valence-electron chi connectivity index (χ2n) is 5.32. The van der Waals surface area contributed by atoms with Gasteiger partial charge in [-0.05, 0) is 33.6 Å². The third-order valence-electron chi connectivity index (χ3n) is 2.50. The first-order chi connectivity index (χ1) is 7.60. The fraction of sp³-hybridized carbons (Fsp3) is 1.00. The number of rotatable bonds is 7. The van der Waals surface area contributed by atoms with E-state index >= 15 is 0 Å². The summed E-state index contributed by atoms with van der Waals surface area (Å²) in [5, 5.41) is 0. The molecule has 0 aliphatic rings. The number of hydrogen-bond donors (Lipinski definition) is 0. The van der Waals surface area contributed by atoms with Crippen molar-refractivity contribution in [2.75, 3.05) is 0 Å². The molecular weight excluding hydrogens is 242 g/mol. The molecule has 0 rings (SSSR count). The molecule has 0 aromatic rings. The van der Waals surface area contributed by atoms with Crippen LogP contribution in [0, 0.1) is 11.8 Å². The second-order valence-corrected chi connectivity index (χ2v) is 7.32. The van der Waals surface area contributed by atoms with Crippen molar-refractivity contribution in [3.63, 3.8) is 0 Å². The first-order valence-electron chi connectivity index (χ1n) is 6.20. The molecule has 0 heterocycles. The van der Waals surface area contributed by atoms with Crippen molar-refractivity contribution in [3.8, 4) is 0 Å². The molecule has 2 atom stereocenters. The highest BCUT2D eigenvalue weighted by molar-refractivity contribution is 7.54. The van der Waals surface area contributed by atoms with E-state index in [4.69, 9.17) is 9.05 Å². The van der Waals surface area contributed by atoms with Crippen LogP contribution >= 0.6 is 7.60 Å². The Morgan fingerprint density at radius 3 is 1.47 bits per heavy atom.